The predicted molar refractivity (Wildman–Crippen MR) is 149 cm³/mol. The van der Waals surface area contributed by atoms with E-state index in [1.165, 1.54) is 33.6 Å². The van der Waals surface area contributed by atoms with Crippen LogP contribution in [0.2, 0.25) is 0 Å². The molecule has 0 fully saturated rings. The Morgan fingerprint density at radius 3 is 2.23 bits per heavy atom. The van der Waals surface area contributed by atoms with Crippen LogP contribution in [0.15, 0.2) is 106 Å². The van der Waals surface area contributed by atoms with Gasteiger partial charge < -0.3 is 5.11 Å². The molecule has 0 saturated heterocycles. The maximum atomic E-state index is 13.6. The number of hydrogen-bond acceptors (Lipinski definition) is 3. The van der Waals surface area contributed by atoms with Crippen LogP contribution >= 0.6 is 27.3 Å². The second-order valence-corrected chi connectivity index (χ2v) is 11.1. The molecule has 0 bridgehead atoms. The Kier molecular flexibility index (Phi) is 5.79. The van der Waals surface area contributed by atoms with Gasteiger partial charge in [0.1, 0.15) is 0 Å². The van der Waals surface area contributed by atoms with Crippen molar-refractivity contribution in [2.75, 3.05) is 0 Å². The number of fused-ring (bicyclic) bond motifs is 2. The number of rotatable bonds is 3. The Bertz CT molecular complexity index is 1590. The third-order valence-electron chi connectivity index (χ3n) is 7.14. The van der Waals surface area contributed by atoms with Gasteiger partial charge in [-0.25, -0.2) is 0 Å². The average molecular weight is 539 g/mol. The Labute approximate surface area is 216 Å². The second-order valence-electron chi connectivity index (χ2n) is 9.16. The lowest BCUT2D eigenvalue weighted by molar-refractivity contribution is 0.465. The summed E-state index contributed by atoms with van der Waals surface area (Å²) in [5.41, 5.74) is 6.53. The Morgan fingerprint density at radius 2 is 1.46 bits per heavy atom. The third kappa shape index (κ3) is 4.11. The standard InChI is InChI=1S/C31H23BrO2S/c32-24-15-13-20(14-16-24)19-9-11-21(12-10-19)23-17-22-5-1-2-6-25(22)27(18-23)29-30(33)26-7-3-4-8-28(26)35-31(29)34/h1-16,23,27,34H,17-18H2/t23-,27-/m1/s1. The fourth-order valence-corrected chi connectivity index (χ4v) is 6.62. The number of hydrogen-bond donors (Lipinski definition) is 1. The van der Waals surface area contributed by atoms with Crippen molar-refractivity contribution in [1.82, 2.24) is 0 Å². The summed E-state index contributed by atoms with van der Waals surface area (Å²) >= 11 is 4.80. The highest BCUT2D eigenvalue weighted by Crippen LogP contribution is 2.46. The zero-order valence-electron chi connectivity index (χ0n) is 18.9. The zero-order chi connectivity index (χ0) is 23.9. The fourth-order valence-electron chi connectivity index (χ4n) is 5.39. The van der Waals surface area contributed by atoms with E-state index in [4.69, 9.17) is 0 Å². The van der Waals surface area contributed by atoms with Crippen LogP contribution in [0, 0.1) is 0 Å². The highest BCUT2D eigenvalue weighted by atomic mass is 79.9. The number of halogens is 1. The zero-order valence-corrected chi connectivity index (χ0v) is 21.4. The van der Waals surface area contributed by atoms with Gasteiger partial charge in [0, 0.05) is 20.5 Å². The quantitative estimate of drug-likeness (QED) is 0.251. The summed E-state index contributed by atoms with van der Waals surface area (Å²) in [6.45, 7) is 0. The molecule has 2 nitrogen and oxygen atoms in total. The topological polar surface area (TPSA) is 37.3 Å². The van der Waals surface area contributed by atoms with Crippen LogP contribution in [-0.4, -0.2) is 5.11 Å². The van der Waals surface area contributed by atoms with Crippen molar-refractivity contribution < 1.29 is 5.11 Å². The molecular formula is C31H23BrO2S. The molecule has 172 valence electrons. The molecule has 2 atom stereocenters. The summed E-state index contributed by atoms with van der Waals surface area (Å²) in [7, 11) is 0. The molecule has 0 saturated carbocycles. The molecule has 0 unspecified atom stereocenters. The molecule has 0 aliphatic heterocycles. The highest BCUT2D eigenvalue weighted by molar-refractivity contribution is 9.10. The van der Waals surface area contributed by atoms with Crippen molar-refractivity contribution in [2.24, 2.45) is 0 Å². The lowest BCUT2D eigenvalue weighted by atomic mass is 9.72. The van der Waals surface area contributed by atoms with Crippen LogP contribution < -0.4 is 5.43 Å². The van der Waals surface area contributed by atoms with Gasteiger partial charge in [0.2, 0.25) is 0 Å². The molecule has 4 heteroatoms. The van der Waals surface area contributed by atoms with Crippen LogP contribution in [-0.2, 0) is 6.42 Å². The lowest BCUT2D eigenvalue weighted by Gasteiger charge is -2.32. The summed E-state index contributed by atoms with van der Waals surface area (Å²) in [4.78, 5) is 13.6. The van der Waals surface area contributed by atoms with Gasteiger partial charge >= 0.3 is 0 Å². The third-order valence-corrected chi connectivity index (χ3v) is 8.66. The Hall–Kier alpha value is -3.21. The Morgan fingerprint density at radius 1 is 0.800 bits per heavy atom. The first-order valence-electron chi connectivity index (χ1n) is 11.8. The minimum Gasteiger partial charge on any atom is -0.499 e. The summed E-state index contributed by atoms with van der Waals surface area (Å²) in [5.74, 6) is 0.133. The molecule has 6 rings (SSSR count). The van der Waals surface area contributed by atoms with E-state index in [-0.39, 0.29) is 22.3 Å². The van der Waals surface area contributed by atoms with E-state index in [1.807, 2.05) is 30.3 Å². The van der Waals surface area contributed by atoms with Gasteiger partial charge in [-0.2, -0.15) is 0 Å². The van der Waals surface area contributed by atoms with E-state index in [0.717, 1.165) is 27.6 Å². The normalized spacial score (nSPS) is 17.3. The van der Waals surface area contributed by atoms with E-state index in [2.05, 4.69) is 82.7 Å². The molecule has 1 N–H and O–H groups in total. The van der Waals surface area contributed by atoms with Gasteiger partial charge in [-0.1, -0.05) is 100 Å². The van der Waals surface area contributed by atoms with Crippen LogP contribution in [0.5, 0.6) is 5.06 Å². The van der Waals surface area contributed by atoms with Gasteiger partial charge in [0.05, 0.1) is 5.56 Å². The van der Waals surface area contributed by atoms with Crippen molar-refractivity contribution in [3.8, 4) is 16.2 Å². The van der Waals surface area contributed by atoms with Gasteiger partial charge in [0.25, 0.3) is 0 Å². The van der Waals surface area contributed by atoms with Gasteiger partial charge in [0.15, 0.2) is 10.5 Å². The molecule has 1 aliphatic carbocycles. The van der Waals surface area contributed by atoms with E-state index in [9.17, 15) is 9.90 Å². The maximum Gasteiger partial charge on any atom is 0.195 e. The largest absolute Gasteiger partial charge is 0.499 e. The highest BCUT2D eigenvalue weighted by Gasteiger charge is 2.32. The molecular weight excluding hydrogens is 516 g/mol. The fraction of sp³-hybridized carbons (Fsp3) is 0.129. The molecule has 4 aromatic carbocycles. The van der Waals surface area contributed by atoms with Crippen LogP contribution in [0.1, 0.15) is 40.5 Å². The lowest BCUT2D eigenvalue weighted by Crippen LogP contribution is -2.23. The van der Waals surface area contributed by atoms with Crippen molar-refractivity contribution >= 4 is 37.4 Å². The molecule has 1 heterocycles. The van der Waals surface area contributed by atoms with Crippen molar-refractivity contribution in [1.29, 1.82) is 0 Å². The molecule has 1 aliphatic rings. The molecule has 1 aromatic heterocycles. The molecule has 0 amide bonds. The van der Waals surface area contributed by atoms with Crippen molar-refractivity contribution in [3.63, 3.8) is 0 Å². The van der Waals surface area contributed by atoms with Gasteiger partial charge in [-0.15, -0.1) is 0 Å². The predicted octanol–water partition coefficient (Wildman–Crippen LogP) is 8.26. The summed E-state index contributed by atoms with van der Waals surface area (Å²) < 4.78 is 1.89. The van der Waals surface area contributed by atoms with Gasteiger partial charge in [-0.3, -0.25) is 4.79 Å². The first-order valence-corrected chi connectivity index (χ1v) is 13.4. The van der Waals surface area contributed by atoms with Crippen molar-refractivity contribution in [2.45, 2.75) is 24.7 Å². The van der Waals surface area contributed by atoms with Gasteiger partial charge in [-0.05, 0) is 70.8 Å². The van der Waals surface area contributed by atoms with Crippen molar-refractivity contribution in [3.05, 3.63) is 134 Å². The molecule has 35 heavy (non-hydrogen) atoms. The Balaban J connectivity index is 1.41. The second kappa shape index (κ2) is 9.10. The van der Waals surface area contributed by atoms with E-state index < -0.39 is 0 Å². The van der Waals surface area contributed by atoms with Crippen LogP contribution in [0.3, 0.4) is 0 Å². The first kappa shape index (κ1) is 22.3. The number of benzene rings is 4. The van der Waals surface area contributed by atoms with Crippen LogP contribution in [0.25, 0.3) is 21.2 Å². The number of aromatic hydroxyl groups is 1. The van der Waals surface area contributed by atoms with Crippen LogP contribution in [0.4, 0.5) is 0 Å². The summed E-state index contributed by atoms with van der Waals surface area (Å²) in [5, 5.41) is 11.8. The molecule has 5 aromatic rings. The minimum atomic E-state index is -0.135. The van der Waals surface area contributed by atoms with E-state index in [1.54, 1.807) is 0 Å². The SMILES string of the molecule is O=c1c([C@@H]2C[C@H](c3ccc(-c4ccc(Br)cc4)cc3)Cc3ccccc32)c(O)sc2ccccc12. The molecule has 0 radical (unpaired) electrons. The monoisotopic (exact) mass is 538 g/mol. The minimum absolute atomic E-state index is 0.0529. The smallest absolute Gasteiger partial charge is 0.195 e. The molecule has 0 spiro atoms. The maximum absolute atomic E-state index is 13.6. The van der Waals surface area contributed by atoms with E-state index >= 15 is 0 Å². The summed E-state index contributed by atoms with van der Waals surface area (Å²) in [6.07, 6.45) is 1.72. The van der Waals surface area contributed by atoms with E-state index in [0.29, 0.717) is 10.9 Å². The summed E-state index contributed by atoms with van der Waals surface area (Å²) in [6, 6.07) is 33.1. The average Bonchev–Trinajstić information content (AvgIpc) is 2.89. The first-order chi connectivity index (χ1) is 17.1.